The second kappa shape index (κ2) is 5.81. The van der Waals surface area contributed by atoms with Gasteiger partial charge in [0.05, 0.1) is 30.7 Å². The topological polar surface area (TPSA) is 67.4 Å². The highest BCUT2D eigenvalue weighted by atomic mass is 16.4. The first-order valence-corrected chi connectivity index (χ1v) is 8.17. The minimum atomic E-state index is 0.205. The smallest absolute Gasteiger partial charge is 0.227 e. The second-order valence-electron chi connectivity index (χ2n) is 6.37. The van der Waals surface area contributed by atoms with Gasteiger partial charge in [0.2, 0.25) is 11.8 Å². The lowest BCUT2D eigenvalue weighted by molar-refractivity contribution is -0.117. The van der Waals surface area contributed by atoms with E-state index < -0.39 is 0 Å². The van der Waals surface area contributed by atoms with Crippen molar-refractivity contribution in [2.24, 2.45) is 0 Å². The van der Waals surface area contributed by atoms with Gasteiger partial charge in [-0.15, -0.1) is 0 Å². The highest BCUT2D eigenvalue weighted by Crippen LogP contribution is 2.26. The number of hydrogen-bond acceptors (Lipinski definition) is 5. The van der Waals surface area contributed by atoms with E-state index in [-0.39, 0.29) is 5.91 Å². The Morgan fingerprint density at radius 3 is 3.00 bits per heavy atom. The van der Waals surface area contributed by atoms with Crippen LogP contribution in [0.15, 0.2) is 23.0 Å². The SMILES string of the molecule is Cc1cnc(CN2CCC(n3cc(N4CCCC4=O)cn3)C2)o1. The molecule has 2 aromatic rings. The Hall–Kier alpha value is -2.15. The van der Waals surface area contributed by atoms with Gasteiger partial charge < -0.3 is 9.32 Å². The molecule has 0 aliphatic carbocycles. The molecule has 0 spiro atoms. The minimum Gasteiger partial charge on any atom is -0.445 e. The maximum absolute atomic E-state index is 11.8. The molecule has 1 amide bonds. The third-order valence-electron chi connectivity index (χ3n) is 4.62. The molecule has 0 N–H and O–H groups in total. The average molecular weight is 315 g/mol. The molecular formula is C16H21N5O2. The molecule has 0 bridgehead atoms. The lowest BCUT2D eigenvalue weighted by atomic mass is 10.3. The molecule has 2 fully saturated rings. The Morgan fingerprint density at radius 2 is 2.26 bits per heavy atom. The molecule has 7 nitrogen and oxygen atoms in total. The number of likely N-dealkylation sites (tertiary alicyclic amines) is 1. The van der Waals surface area contributed by atoms with Crippen LogP contribution in [0.2, 0.25) is 0 Å². The quantitative estimate of drug-likeness (QED) is 0.860. The highest BCUT2D eigenvalue weighted by Gasteiger charge is 2.27. The van der Waals surface area contributed by atoms with Crippen molar-refractivity contribution in [2.45, 2.75) is 38.8 Å². The number of aryl methyl sites for hydroxylation is 1. The van der Waals surface area contributed by atoms with E-state index in [1.165, 1.54) is 0 Å². The summed E-state index contributed by atoms with van der Waals surface area (Å²) in [6.45, 7) is 5.39. The number of rotatable bonds is 4. The molecule has 122 valence electrons. The van der Waals surface area contributed by atoms with Crippen LogP contribution in [0.25, 0.3) is 0 Å². The van der Waals surface area contributed by atoms with Crippen LogP contribution < -0.4 is 4.90 Å². The van der Waals surface area contributed by atoms with E-state index in [4.69, 9.17) is 4.42 Å². The molecule has 1 atom stereocenters. The molecule has 23 heavy (non-hydrogen) atoms. The summed E-state index contributed by atoms with van der Waals surface area (Å²) in [5.41, 5.74) is 0.925. The van der Waals surface area contributed by atoms with Crippen molar-refractivity contribution < 1.29 is 9.21 Å². The van der Waals surface area contributed by atoms with Crippen LogP contribution in [0, 0.1) is 6.92 Å². The first-order chi connectivity index (χ1) is 11.2. The zero-order valence-corrected chi connectivity index (χ0v) is 13.3. The summed E-state index contributed by atoms with van der Waals surface area (Å²) in [5, 5.41) is 4.48. The fourth-order valence-corrected chi connectivity index (χ4v) is 3.43. The largest absolute Gasteiger partial charge is 0.445 e. The molecular weight excluding hydrogens is 294 g/mol. The van der Waals surface area contributed by atoms with Crippen molar-refractivity contribution >= 4 is 11.6 Å². The van der Waals surface area contributed by atoms with E-state index in [0.29, 0.717) is 12.5 Å². The normalized spacial score (nSPS) is 22.4. The molecule has 2 aliphatic rings. The van der Waals surface area contributed by atoms with E-state index in [1.807, 2.05) is 28.9 Å². The predicted octanol–water partition coefficient (Wildman–Crippen LogP) is 1.75. The van der Waals surface area contributed by atoms with Crippen molar-refractivity contribution in [1.82, 2.24) is 19.7 Å². The Balaban J connectivity index is 1.40. The fourth-order valence-electron chi connectivity index (χ4n) is 3.43. The number of oxazole rings is 1. The first kappa shape index (κ1) is 14.4. The fraction of sp³-hybridized carbons (Fsp3) is 0.562. The van der Waals surface area contributed by atoms with Crippen LogP contribution in [0.3, 0.4) is 0 Å². The van der Waals surface area contributed by atoms with Crippen molar-refractivity contribution in [3.63, 3.8) is 0 Å². The number of aromatic nitrogens is 3. The van der Waals surface area contributed by atoms with Gasteiger partial charge in [0.15, 0.2) is 0 Å². The van der Waals surface area contributed by atoms with Gasteiger partial charge in [0.1, 0.15) is 5.76 Å². The Morgan fingerprint density at radius 1 is 1.35 bits per heavy atom. The lowest BCUT2D eigenvalue weighted by Crippen LogP contribution is -2.23. The minimum absolute atomic E-state index is 0.205. The number of anilines is 1. The van der Waals surface area contributed by atoms with Gasteiger partial charge in [-0.25, -0.2) is 4.98 Å². The number of carbonyl (C=O) groups excluding carboxylic acids is 1. The maximum atomic E-state index is 11.8. The summed E-state index contributed by atoms with van der Waals surface area (Å²) >= 11 is 0. The van der Waals surface area contributed by atoms with Gasteiger partial charge in [0, 0.05) is 32.3 Å². The molecule has 0 radical (unpaired) electrons. The summed E-state index contributed by atoms with van der Waals surface area (Å²) in [6.07, 6.45) is 8.22. The number of nitrogens with zero attached hydrogens (tertiary/aromatic N) is 5. The zero-order chi connectivity index (χ0) is 15.8. The van der Waals surface area contributed by atoms with E-state index in [1.54, 1.807) is 6.20 Å². The van der Waals surface area contributed by atoms with Crippen LogP contribution in [-0.4, -0.2) is 45.2 Å². The number of hydrogen-bond donors (Lipinski definition) is 0. The molecule has 7 heteroatoms. The molecule has 4 heterocycles. The van der Waals surface area contributed by atoms with Gasteiger partial charge in [-0.1, -0.05) is 0 Å². The van der Waals surface area contributed by atoms with Gasteiger partial charge in [0.25, 0.3) is 0 Å². The van der Waals surface area contributed by atoms with Crippen LogP contribution in [0.1, 0.15) is 37.0 Å². The molecule has 2 aliphatic heterocycles. The maximum Gasteiger partial charge on any atom is 0.227 e. The standard InChI is InChI=1S/C16H21N5O2/c1-12-7-17-15(23-12)11-19-6-4-13(9-19)21-10-14(8-18-21)20-5-2-3-16(20)22/h7-8,10,13H,2-6,9,11H2,1H3. The van der Waals surface area contributed by atoms with Crippen LogP contribution in [0.4, 0.5) is 5.69 Å². The number of amides is 1. The van der Waals surface area contributed by atoms with E-state index in [0.717, 1.165) is 56.4 Å². The van der Waals surface area contributed by atoms with Crippen molar-refractivity contribution in [1.29, 1.82) is 0 Å². The summed E-state index contributed by atoms with van der Waals surface area (Å²) < 4.78 is 7.55. The summed E-state index contributed by atoms with van der Waals surface area (Å²) in [6, 6.07) is 0.345. The predicted molar refractivity (Wildman–Crippen MR) is 84.0 cm³/mol. The first-order valence-electron chi connectivity index (χ1n) is 8.17. The van der Waals surface area contributed by atoms with Crippen molar-refractivity contribution in [2.75, 3.05) is 24.5 Å². The summed E-state index contributed by atoms with van der Waals surface area (Å²) in [5.74, 6) is 1.83. The Bertz CT molecular complexity index is 707. The van der Waals surface area contributed by atoms with Crippen LogP contribution in [0.5, 0.6) is 0 Å². The van der Waals surface area contributed by atoms with Gasteiger partial charge >= 0.3 is 0 Å². The summed E-state index contributed by atoms with van der Waals surface area (Å²) in [4.78, 5) is 20.3. The average Bonchev–Trinajstić information content (AvgIpc) is 3.27. The molecule has 4 rings (SSSR count). The monoisotopic (exact) mass is 315 g/mol. The zero-order valence-electron chi connectivity index (χ0n) is 13.3. The highest BCUT2D eigenvalue weighted by molar-refractivity contribution is 5.95. The molecule has 2 aromatic heterocycles. The van der Waals surface area contributed by atoms with Gasteiger partial charge in [-0.3, -0.25) is 14.4 Å². The molecule has 1 unspecified atom stereocenters. The van der Waals surface area contributed by atoms with E-state index >= 15 is 0 Å². The molecule has 0 aromatic carbocycles. The molecule has 2 saturated heterocycles. The summed E-state index contributed by atoms with van der Waals surface area (Å²) in [7, 11) is 0. The van der Waals surface area contributed by atoms with E-state index in [9.17, 15) is 4.79 Å². The number of carbonyl (C=O) groups is 1. The van der Waals surface area contributed by atoms with Crippen molar-refractivity contribution in [3.8, 4) is 0 Å². The van der Waals surface area contributed by atoms with E-state index in [2.05, 4.69) is 15.0 Å². The van der Waals surface area contributed by atoms with Gasteiger partial charge in [-0.05, 0) is 19.8 Å². The third-order valence-corrected chi connectivity index (χ3v) is 4.62. The van der Waals surface area contributed by atoms with Crippen LogP contribution >= 0.6 is 0 Å². The third kappa shape index (κ3) is 2.88. The van der Waals surface area contributed by atoms with Crippen molar-refractivity contribution in [3.05, 3.63) is 30.2 Å². The van der Waals surface area contributed by atoms with Gasteiger partial charge in [-0.2, -0.15) is 5.10 Å². The lowest BCUT2D eigenvalue weighted by Gasteiger charge is -2.15. The van der Waals surface area contributed by atoms with Crippen LogP contribution in [-0.2, 0) is 11.3 Å². The second-order valence-corrected chi connectivity index (χ2v) is 6.37. The molecule has 0 saturated carbocycles. The Labute approximate surface area is 134 Å². The Kier molecular flexibility index (Phi) is 3.65.